The lowest BCUT2D eigenvalue weighted by atomic mass is 9.93. The molecule has 1 saturated heterocycles. The van der Waals surface area contributed by atoms with Crippen LogP contribution in [0, 0.1) is 5.92 Å². The Kier molecular flexibility index (Phi) is 3.95. The van der Waals surface area contributed by atoms with E-state index < -0.39 is 0 Å². The van der Waals surface area contributed by atoms with E-state index in [4.69, 9.17) is 4.74 Å². The van der Waals surface area contributed by atoms with E-state index in [0.717, 1.165) is 32.2 Å². The van der Waals surface area contributed by atoms with Gasteiger partial charge in [0.25, 0.3) is 0 Å². The zero-order valence-corrected chi connectivity index (χ0v) is 11.4. The maximum Gasteiger partial charge on any atom is 0.233 e. The number of likely N-dealkylation sites (tertiary alicyclic amines) is 1. The Hall–Kier alpha value is -1.91. The second kappa shape index (κ2) is 6.03. The smallest absolute Gasteiger partial charge is 0.233 e. The van der Waals surface area contributed by atoms with Crippen molar-refractivity contribution >= 4 is 5.91 Å². The summed E-state index contributed by atoms with van der Waals surface area (Å²) in [4.78, 5) is 14.3. The summed E-state index contributed by atoms with van der Waals surface area (Å²) in [6.45, 7) is 1.44. The first-order valence-corrected chi connectivity index (χ1v) is 7.21. The van der Waals surface area contributed by atoms with Crippen LogP contribution < -0.4 is 4.74 Å². The normalized spacial score (nSPS) is 25.7. The summed E-state index contributed by atoms with van der Waals surface area (Å²) in [6, 6.07) is 3.60. The highest BCUT2D eigenvalue weighted by Gasteiger charge is 2.31. The summed E-state index contributed by atoms with van der Waals surface area (Å²) in [5.74, 6) is 0.974. The molecule has 3 rings (SSSR count). The van der Waals surface area contributed by atoms with Crippen molar-refractivity contribution in [1.82, 2.24) is 15.1 Å². The molecule has 1 aromatic rings. The molecule has 2 aliphatic rings. The molecule has 1 aromatic heterocycles. The van der Waals surface area contributed by atoms with Gasteiger partial charge in [0.15, 0.2) is 0 Å². The quantitative estimate of drug-likeness (QED) is 0.788. The molecule has 20 heavy (non-hydrogen) atoms. The molecule has 106 valence electrons. The van der Waals surface area contributed by atoms with Crippen LogP contribution in [0.15, 0.2) is 30.5 Å². The molecule has 1 aliphatic carbocycles. The van der Waals surface area contributed by atoms with Crippen molar-refractivity contribution in [3.05, 3.63) is 30.5 Å². The predicted molar refractivity (Wildman–Crippen MR) is 74.1 cm³/mol. The van der Waals surface area contributed by atoms with Crippen LogP contribution in [0.25, 0.3) is 0 Å². The van der Waals surface area contributed by atoms with Crippen molar-refractivity contribution in [3.8, 4) is 5.88 Å². The molecule has 5 heteroatoms. The monoisotopic (exact) mass is 273 g/mol. The van der Waals surface area contributed by atoms with Gasteiger partial charge in [0.05, 0.1) is 6.54 Å². The summed E-state index contributed by atoms with van der Waals surface area (Å²) in [7, 11) is 0. The Bertz CT molecular complexity index is 489. The lowest BCUT2D eigenvalue weighted by Crippen LogP contribution is -2.36. The first-order chi connectivity index (χ1) is 9.83. The van der Waals surface area contributed by atoms with E-state index in [1.807, 2.05) is 4.90 Å². The third kappa shape index (κ3) is 2.98. The summed E-state index contributed by atoms with van der Waals surface area (Å²) < 4.78 is 5.76. The van der Waals surface area contributed by atoms with Gasteiger partial charge in [-0.25, -0.2) is 0 Å². The van der Waals surface area contributed by atoms with Crippen LogP contribution in [0.5, 0.6) is 5.88 Å². The highest BCUT2D eigenvalue weighted by molar-refractivity contribution is 5.79. The van der Waals surface area contributed by atoms with Gasteiger partial charge in [0.1, 0.15) is 6.10 Å². The topological polar surface area (TPSA) is 55.3 Å². The molecule has 1 amide bonds. The van der Waals surface area contributed by atoms with Crippen LogP contribution in [-0.4, -0.2) is 40.2 Å². The van der Waals surface area contributed by atoms with Gasteiger partial charge in [-0.3, -0.25) is 4.79 Å². The fourth-order valence-electron chi connectivity index (χ4n) is 2.82. The zero-order chi connectivity index (χ0) is 13.8. The maximum absolute atomic E-state index is 12.4. The number of hydrogen-bond acceptors (Lipinski definition) is 4. The van der Waals surface area contributed by atoms with Crippen LogP contribution in [0.4, 0.5) is 0 Å². The number of carbonyl (C=O) groups is 1. The second-order valence-electron chi connectivity index (χ2n) is 5.36. The molecule has 0 N–H and O–H groups in total. The number of aromatic nitrogens is 2. The predicted octanol–water partition coefficient (Wildman–Crippen LogP) is 1.81. The van der Waals surface area contributed by atoms with E-state index in [1.165, 1.54) is 0 Å². The largest absolute Gasteiger partial charge is 0.471 e. The lowest BCUT2D eigenvalue weighted by Gasteiger charge is -2.24. The Morgan fingerprint density at radius 3 is 3.05 bits per heavy atom. The van der Waals surface area contributed by atoms with Crippen LogP contribution in [0.1, 0.15) is 25.7 Å². The third-order valence-electron chi connectivity index (χ3n) is 3.91. The molecule has 0 unspecified atom stereocenters. The van der Waals surface area contributed by atoms with Gasteiger partial charge >= 0.3 is 0 Å². The van der Waals surface area contributed by atoms with Crippen LogP contribution in [-0.2, 0) is 4.79 Å². The van der Waals surface area contributed by atoms with E-state index in [9.17, 15) is 4.79 Å². The van der Waals surface area contributed by atoms with Gasteiger partial charge in [-0.05, 0) is 25.3 Å². The zero-order valence-electron chi connectivity index (χ0n) is 11.4. The lowest BCUT2D eigenvalue weighted by molar-refractivity contribution is -0.135. The number of allylic oxidation sites excluding steroid dienone is 2. The van der Waals surface area contributed by atoms with E-state index in [-0.39, 0.29) is 17.9 Å². The first kappa shape index (κ1) is 13.1. The van der Waals surface area contributed by atoms with Crippen molar-refractivity contribution in [1.29, 1.82) is 0 Å². The second-order valence-corrected chi connectivity index (χ2v) is 5.36. The Balaban J connectivity index is 1.54. The van der Waals surface area contributed by atoms with Crippen molar-refractivity contribution < 1.29 is 9.53 Å². The molecular weight excluding hydrogens is 254 g/mol. The standard InChI is InChI=1S/C15H19N3O2/c19-15(12-5-2-1-3-6-12)18-10-8-13(11-18)20-14-7-4-9-16-17-14/h1-2,4,7,9,12-13H,3,5-6,8,10-11H2/t12-,13+/m0/s1. The molecule has 1 fully saturated rings. The average molecular weight is 273 g/mol. The minimum absolute atomic E-state index is 0.0368. The third-order valence-corrected chi connectivity index (χ3v) is 3.91. The van der Waals surface area contributed by atoms with Crippen molar-refractivity contribution in [3.63, 3.8) is 0 Å². The fraction of sp³-hybridized carbons (Fsp3) is 0.533. The summed E-state index contributed by atoms with van der Waals surface area (Å²) >= 11 is 0. The average Bonchev–Trinajstić information content (AvgIpc) is 2.97. The van der Waals surface area contributed by atoms with Crippen LogP contribution in [0.2, 0.25) is 0 Å². The Labute approximate surface area is 118 Å². The van der Waals surface area contributed by atoms with Gasteiger partial charge in [0.2, 0.25) is 11.8 Å². The number of hydrogen-bond donors (Lipinski definition) is 0. The molecule has 0 radical (unpaired) electrons. The van der Waals surface area contributed by atoms with Crippen molar-refractivity contribution in [2.75, 3.05) is 13.1 Å². The highest BCUT2D eigenvalue weighted by Crippen LogP contribution is 2.24. The van der Waals surface area contributed by atoms with Gasteiger partial charge in [0, 0.05) is 31.1 Å². The van der Waals surface area contributed by atoms with Crippen molar-refractivity contribution in [2.45, 2.75) is 31.8 Å². The molecular formula is C15H19N3O2. The number of rotatable bonds is 3. The number of carbonyl (C=O) groups excluding carboxylic acids is 1. The maximum atomic E-state index is 12.4. The van der Waals surface area contributed by atoms with E-state index in [0.29, 0.717) is 12.4 Å². The summed E-state index contributed by atoms with van der Waals surface area (Å²) in [5.41, 5.74) is 0. The van der Waals surface area contributed by atoms with E-state index >= 15 is 0 Å². The molecule has 0 aromatic carbocycles. The van der Waals surface area contributed by atoms with Gasteiger partial charge in [-0.1, -0.05) is 12.2 Å². The molecule has 5 nitrogen and oxygen atoms in total. The van der Waals surface area contributed by atoms with Crippen molar-refractivity contribution in [2.24, 2.45) is 5.92 Å². The molecule has 0 bridgehead atoms. The Morgan fingerprint density at radius 1 is 1.35 bits per heavy atom. The number of ether oxygens (including phenoxy) is 1. The molecule has 2 heterocycles. The first-order valence-electron chi connectivity index (χ1n) is 7.21. The number of nitrogens with zero attached hydrogens (tertiary/aromatic N) is 3. The molecule has 1 aliphatic heterocycles. The molecule has 0 spiro atoms. The van der Waals surface area contributed by atoms with Crippen LogP contribution >= 0.6 is 0 Å². The van der Waals surface area contributed by atoms with Gasteiger partial charge in [-0.15, -0.1) is 5.10 Å². The highest BCUT2D eigenvalue weighted by atomic mass is 16.5. The fourth-order valence-corrected chi connectivity index (χ4v) is 2.82. The SMILES string of the molecule is O=C([C@H]1CC=CCC1)N1CC[C@@H](Oc2cccnn2)C1. The van der Waals surface area contributed by atoms with Gasteiger partial charge in [-0.2, -0.15) is 5.10 Å². The summed E-state index contributed by atoms with van der Waals surface area (Å²) in [6.07, 6.45) is 9.67. The van der Waals surface area contributed by atoms with Crippen LogP contribution in [0.3, 0.4) is 0 Å². The minimum Gasteiger partial charge on any atom is -0.471 e. The van der Waals surface area contributed by atoms with E-state index in [2.05, 4.69) is 22.3 Å². The number of amides is 1. The van der Waals surface area contributed by atoms with Gasteiger partial charge < -0.3 is 9.64 Å². The molecule has 2 atom stereocenters. The van der Waals surface area contributed by atoms with E-state index in [1.54, 1.807) is 18.3 Å². The summed E-state index contributed by atoms with van der Waals surface area (Å²) in [5, 5.41) is 7.71. The molecule has 0 saturated carbocycles. The Morgan fingerprint density at radius 2 is 2.30 bits per heavy atom. The minimum atomic E-state index is 0.0368.